The number of carbonyl (C=O) groups is 2. The molecule has 1 aliphatic rings. The number of halogens is 1. The topological polar surface area (TPSA) is 62.6 Å². The molecule has 1 saturated heterocycles. The summed E-state index contributed by atoms with van der Waals surface area (Å²) in [6.45, 7) is 2.21. The summed E-state index contributed by atoms with van der Waals surface area (Å²) in [5.41, 5.74) is 0.611. The molecule has 0 radical (unpaired) electrons. The van der Waals surface area contributed by atoms with E-state index in [0.29, 0.717) is 18.7 Å². The third-order valence-electron chi connectivity index (χ3n) is 4.11. The molecule has 2 aromatic rings. The van der Waals surface area contributed by atoms with E-state index in [9.17, 15) is 14.0 Å². The Balaban J connectivity index is 1.58. The predicted octanol–water partition coefficient (Wildman–Crippen LogP) is 2.52. The van der Waals surface area contributed by atoms with Gasteiger partial charge in [-0.25, -0.2) is 4.39 Å². The smallest absolute Gasteiger partial charge is 0.227 e. The van der Waals surface area contributed by atoms with Gasteiger partial charge in [-0.1, -0.05) is 0 Å². The Labute approximate surface area is 139 Å². The highest BCUT2D eigenvalue weighted by molar-refractivity contribution is 6.00. The normalized spacial score (nSPS) is 18.7. The molecule has 0 saturated carbocycles. The zero-order chi connectivity index (χ0) is 17.1. The lowest BCUT2D eigenvalue weighted by Crippen LogP contribution is -2.39. The molecule has 1 N–H and O–H groups in total. The second-order valence-electron chi connectivity index (χ2n) is 6.07. The van der Waals surface area contributed by atoms with Gasteiger partial charge in [0.1, 0.15) is 11.6 Å². The predicted molar refractivity (Wildman–Crippen MR) is 86.9 cm³/mol. The summed E-state index contributed by atoms with van der Waals surface area (Å²) in [5, 5.41) is 2.92. The molecule has 3 rings (SSSR count). The van der Waals surface area contributed by atoms with Gasteiger partial charge < -0.3 is 14.6 Å². The Hall–Kier alpha value is -2.63. The van der Waals surface area contributed by atoms with Gasteiger partial charge in [-0.05, 0) is 43.3 Å². The number of hydrogen-bond acceptors (Lipinski definition) is 3. The number of carbonyl (C=O) groups excluding carboxylic acids is 2. The summed E-state index contributed by atoms with van der Waals surface area (Å²) >= 11 is 0. The highest BCUT2D eigenvalue weighted by atomic mass is 19.1. The monoisotopic (exact) mass is 330 g/mol. The largest absolute Gasteiger partial charge is 0.469 e. The first kappa shape index (κ1) is 16.2. The Morgan fingerprint density at radius 1 is 1.38 bits per heavy atom. The maximum Gasteiger partial charge on any atom is 0.227 e. The number of nitrogens with one attached hydrogen (secondary N) is 1. The SMILES string of the molecule is CC(Cc1ccco1)NC(=O)C1CC(=O)N(c2ccc(F)cc2)C1. The molecule has 1 aromatic heterocycles. The molecule has 5 nitrogen and oxygen atoms in total. The standard InChI is InChI=1S/C18H19FN2O3/c1-12(9-16-3-2-8-24-16)20-18(23)13-10-17(22)21(11-13)15-6-4-14(19)5-7-15/h2-8,12-13H,9-11H2,1H3,(H,20,23). The fraction of sp³-hybridized carbons (Fsp3) is 0.333. The number of nitrogens with zero attached hydrogens (tertiary/aromatic N) is 1. The fourth-order valence-electron chi connectivity index (χ4n) is 2.90. The molecule has 126 valence electrons. The quantitative estimate of drug-likeness (QED) is 0.916. The second kappa shape index (κ2) is 6.86. The number of rotatable bonds is 5. The van der Waals surface area contributed by atoms with Crippen molar-refractivity contribution in [3.63, 3.8) is 0 Å². The van der Waals surface area contributed by atoms with Crippen LogP contribution in [0.5, 0.6) is 0 Å². The lowest BCUT2D eigenvalue weighted by molar-refractivity contribution is -0.126. The van der Waals surface area contributed by atoms with E-state index in [2.05, 4.69) is 5.32 Å². The van der Waals surface area contributed by atoms with E-state index < -0.39 is 5.92 Å². The molecule has 0 bridgehead atoms. The minimum absolute atomic E-state index is 0.0846. The summed E-state index contributed by atoms with van der Waals surface area (Å²) in [6, 6.07) is 9.29. The second-order valence-corrected chi connectivity index (χ2v) is 6.07. The number of anilines is 1. The van der Waals surface area contributed by atoms with Crippen LogP contribution in [-0.4, -0.2) is 24.4 Å². The van der Waals surface area contributed by atoms with Crippen LogP contribution < -0.4 is 10.2 Å². The van der Waals surface area contributed by atoms with Crippen LogP contribution in [0.1, 0.15) is 19.1 Å². The van der Waals surface area contributed by atoms with Gasteiger partial charge in [0.2, 0.25) is 11.8 Å². The maximum atomic E-state index is 13.0. The fourth-order valence-corrected chi connectivity index (χ4v) is 2.90. The van der Waals surface area contributed by atoms with Gasteiger partial charge in [-0.2, -0.15) is 0 Å². The van der Waals surface area contributed by atoms with Gasteiger partial charge in [0.05, 0.1) is 12.2 Å². The van der Waals surface area contributed by atoms with E-state index in [1.807, 2.05) is 13.0 Å². The molecule has 2 unspecified atom stereocenters. The van der Waals surface area contributed by atoms with Gasteiger partial charge in [-0.15, -0.1) is 0 Å². The molecule has 2 amide bonds. The molecular formula is C18H19FN2O3. The molecular weight excluding hydrogens is 311 g/mol. The number of furan rings is 1. The molecule has 0 aliphatic carbocycles. The first-order chi connectivity index (χ1) is 11.5. The number of amides is 2. The van der Waals surface area contributed by atoms with Gasteiger partial charge in [0, 0.05) is 31.1 Å². The van der Waals surface area contributed by atoms with Crippen LogP contribution in [0.25, 0.3) is 0 Å². The van der Waals surface area contributed by atoms with Gasteiger partial charge in [0.25, 0.3) is 0 Å². The van der Waals surface area contributed by atoms with Crippen LogP contribution in [0.2, 0.25) is 0 Å². The zero-order valence-corrected chi connectivity index (χ0v) is 13.4. The third kappa shape index (κ3) is 3.64. The van der Waals surface area contributed by atoms with Crippen molar-refractivity contribution < 1.29 is 18.4 Å². The van der Waals surface area contributed by atoms with E-state index in [4.69, 9.17) is 4.42 Å². The van der Waals surface area contributed by atoms with E-state index in [-0.39, 0.29) is 30.1 Å². The van der Waals surface area contributed by atoms with E-state index in [0.717, 1.165) is 5.76 Å². The Kier molecular flexibility index (Phi) is 4.64. The Morgan fingerprint density at radius 3 is 2.79 bits per heavy atom. The van der Waals surface area contributed by atoms with Crippen LogP contribution in [-0.2, 0) is 16.0 Å². The maximum absolute atomic E-state index is 13.0. The molecule has 0 spiro atoms. The van der Waals surface area contributed by atoms with Crippen molar-refractivity contribution in [3.8, 4) is 0 Å². The van der Waals surface area contributed by atoms with Crippen molar-refractivity contribution in [1.29, 1.82) is 0 Å². The highest BCUT2D eigenvalue weighted by Gasteiger charge is 2.35. The van der Waals surface area contributed by atoms with Gasteiger partial charge >= 0.3 is 0 Å². The first-order valence-electron chi connectivity index (χ1n) is 7.91. The third-order valence-corrected chi connectivity index (χ3v) is 4.11. The lowest BCUT2D eigenvalue weighted by atomic mass is 10.1. The average molecular weight is 330 g/mol. The van der Waals surface area contributed by atoms with Crippen LogP contribution >= 0.6 is 0 Å². The molecule has 1 aromatic carbocycles. The van der Waals surface area contributed by atoms with Crippen LogP contribution in [0.15, 0.2) is 47.1 Å². The number of benzene rings is 1. The van der Waals surface area contributed by atoms with E-state index in [1.54, 1.807) is 24.5 Å². The summed E-state index contributed by atoms with van der Waals surface area (Å²) in [4.78, 5) is 26.1. The molecule has 2 atom stereocenters. The van der Waals surface area contributed by atoms with Crippen molar-refractivity contribution in [2.75, 3.05) is 11.4 Å². The molecule has 2 heterocycles. The Morgan fingerprint density at radius 2 is 2.12 bits per heavy atom. The van der Waals surface area contributed by atoms with Crippen LogP contribution in [0.4, 0.5) is 10.1 Å². The summed E-state index contributed by atoms with van der Waals surface area (Å²) in [7, 11) is 0. The van der Waals surface area contributed by atoms with E-state index in [1.165, 1.54) is 17.0 Å². The lowest BCUT2D eigenvalue weighted by Gasteiger charge is -2.18. The number of hydrogen-bond donors (Lipinski definition) is 1. The summed E-state index contributed by atoms with van der Waals surface area (Å²) in [5.74, 6) is -0.223. The average Bonchev–Trinajstić information content (AvgIpc) is 3.17. The van der Waals surface area contributed by atoms with Crippen molar-refractivity contribution >= 4 is 17.5 Å². The van der Waals surface area contributed by atoms with Crippen molar-refractivity contribution in [1.82, 2.24) is 5.32 Å². The molecule has 24 heavy (non-hydrogen) atoms. The molecule has 1 aliphatic heterocycles. The molecule has 1 fully saturated rings. The van der Waals surface area contributed by atoms with Crippen molar-refractivity contribution in [3.05, 3.63) is 54.2 Å². The van der Waals surface area contributed by atoms with Gasteiger partial charge in [0.15, 0.2) is 0 Å². The van der Waals surface area contributed by atoms with Crippen molar-refractivity contribution in [2.45, 2.75) is 25.8 Å². The first-order valence-corrected chi connectivity index (χ1v) is 7.91. The van der Waals surface area contributed by atoms with E-state index >= 15 is 0 Å². The van der Waals surface area contributed by atoms with Crippen molar-refractivity contribution in [2.24, 2.45) is 5.92 Å². The van der Waals surface area contributed by atoms with Crippen LogP contribution in [0, 0.1) is 11.7 Å². The van der Waals surface area contributed by atoms with Gasteiger partial charge in [-0.3, -0.25) is 9.59 Å². The Bertz CT molecular complexity index is 712. The van der Waals surface area contributed by atoms with Crippen LogP contribution in [0.3, 0.4) is 0 Å². The minimum Gasteiger partial charge on any atom is -0.469 e. The zero-order valence-electron chi connectivity index (χ0n) is 13.4. The summed E-state index contributed by atoms with van der Waals surface area (Å²) in [6.07, 6.45) is 2.36. The highest BCUT2D eigenvalue weighted by Crippen LogP contribution is 2.25. The minimum atomic E-state index is -0.401. The molecule has 6 heteroatoms. The summed E-state index contributed by atoms with van der Waals surface area (Å²) < 4.78 is 18.3.